The molecule has 0 aliphatic heterocycles. The van der Waals surface area contributed by atoms with Crippen molar-refractivity contribution in [3.05, 3.63) is 45.8 Å². The fourth-order valence-corrected chi connectivity index (χ4v) is 3.06. The van der Waals surface area contributed by atoms with Crippen LogP contribution in [0.15, 0.2) is 24.3 Å². The zero-order chi connectivity index (χ0) is 15.6. The first-order valence-electron chi connectivity index (χ1n) is 6.60. The lowest BCUT2D eigenvalue weighted by Gasteiger charge is -2.12. The standard InChI is InChI=1S/C16H17N3OS/c1-9-11(3)21-16(14(9)8-17)19-15(20)10(2)12-5-4-6-13(18)7-12/h4-7,10H,18H2,1-3H3,(H,19,20). The molecule has 0 saturated carbocycles. The van der Waals surface area contributed by atoms with Gasteiger partial charge in [0.05, 0.1) is 11.5 Å². The van der Waals surface area contributed by atoms with Gasteiger partial charge in [-0.15, -0.1) is 11.3 Å². The van der Waals surface area contributed by atoms with E-state index in [4.69, 9.17) is 5.73 Å². The van der Waals surface area contributed by atoms with Crippen LogP contribution in [0.3, 0.4) is 0 Å². The zero-order valence-electron chi connectivity index (χ0n) is 12.2. The second-order valence-electron chi connectivity index (χ2n) is 4.98. The molecule has 4 nitrogen and oxygen atoms in total. The second-order valence-corrected chi connectivity index (χ2v) is 6.20. The lowest BCUT2D eigenvalue weighted by atomic mass is 10.00. The highest BCUT2D eigenvalue weighted by Crippen LogP contribution is 2.32. The van der Waals surface area contributed by atoms with Crippen LogP contribution < -0.4 is 11.1 Å². The van der Waals surface area contributed by atoms with E-state index >= 15 is 0 Å². The maximum Gasteiger partial charge on any atom is 0.232 e. The lowest BCUT2D eigenvalue weighted by Crippen LogP contribution is -2.18. The van der Waals surface area contributed by atoms with Crippen molar-refractivity contribution in [1.29, 1.82) is 5.26 Å². The molecule has 0 radical (unpaired) electrons. The Morgan fingerprint density at radius 2 is 2.14 bits per heavy atom. The maximum absolute atomic E-state index is 12.4. The summed E-state index contributed by atoms with van der Waals surface area (Å²) in [4.78, 5) is 13.4. The molecule has 3 N–H and O–H groups in total. The zero-order valence-corrected chi connectivity index (χ0v) is 13.0. The number of nitrogens with zero attached hydrogens (tertiary/aromatic N) is 1. The minimum absolute atomic E-state index is 0.140. The molecule has 0 bridgehead atoms. The number of benzene rings is 1. The smallest absolute Gasteiger partial charge is 0.232 e. The molecular formula is C16H17N3OS. The van der Waals surface area contributed by atoms with Crippen molar-refractivity contribution < 1.29 is 4.79 Å². The Balaban J connectivity index is 2.23. The van der Waals surface area contributed by atoms with Gasteiger partial charge in [0.25, 0.3) is 0 Å². The number of nitrogen functional groups attached to an aromatic ring is 1. The number of nitriles is 1. The van der Waals surface area contributed by atoms with E-state index in [-0.39, 0.29) is 11.8 Å². The highest BCUT2D eigenvalue weighted by atomic mass is 32.1. The first-order valence-corrected chi connectivity index (χ1v) is 7.42. The van der Waals surface area contributed by atoms with Crippen LogP contribution in [-0.2, 0) is 4.79 Å². The van der Waals surface area contributed by atoms with Crippen molar-refractivity contribution in [2.75, 3.05) is 11.1 Å². The van der Waals surface area contributed by atoms with Crippen molar-refractivity contribution in [1.82, 2.24) is 0 Å². The molecule has 21 heavy (non-hydrogen) atoms. The first-order chi connectivity index (χ1) is 9.93. The molecule has 1 amide bonds. The van der Waals surface area contributed by atoms with Crippen LogP contribution in [0.5, 0.6) is 0 Å². The van der Waals surface area contributed by atoms with Gasteiger partial charge in [-0.2, -0.15) is 5.26 Å². The lowest BCUT2D eigenvalue weighted by molar-refractivity contribution is -0.117. The Morgan fingerprint density at radius 1 is 1.43 bits per heavy atom. The Bertz CT molecular complexity index is 728. The van der Waals surface area contributed by atoms with Crippen LogP contribution in [0.2, 0.25) is 0 Å². The summed E-state index contributed by atoms with van der Waals surface area (Å²) < 4.78 is 0. The first kappa shape index (κ1) is 15.1. The van der Waals surface area contributed by atoms with Gasteiger partial charge in [-0.1, -0.05) is 12.1 Å². The molecule has 0 aliphatic rings. The number of anilines is 2. The molecule has 2 aromatic rings. The number of hydrogen-bond acceptors (Lipinski definition) is 4. The summed E-state index contributed by atoms with van der Waals surface area (Å²) in [6.07, 6.45) is 0. The Morgan fingerprint density at radius 3 is 2.76 bits per heavy atom. The molecule has 0 spiro atoms. The molecule has 2 rings (SSSR count). The topological polar surface area (TPSA) is 78.9 Å². The van der Waals surface area contributed by atoms with E-state index in [1.807, 2.05) is 32.9 Å². The van der Waals surface area contributed by atoms with E-state index in [1.165, 1.54) is 11.3 Å². The van der Waals surface area contributed by atoms with Crippen LogP contribution in [-0.4, -0.2) is 5.91 Å². The summed E-state index contributed by atoms with van der Waals surface area (Å²) in [6.45, 7) is 5.66. The van der Waals surface area contributed by atoms with Gasteiger partial charge in [-0.05, 0) is 44.0 Å². The van der Waals surface area contributed by atoms with Gasteiger partial charge >= 0.3 is 0 Å². The number of nitrogens with one attached hydrogen (secondary N) is 1. The van der Waals surface area contributed by atoms with Gasteiger partial charge in [0.2, 0.25) is 5.91 Å². The quantitative estimate of drug-likeness (QED) is 0.850. The van der Waals surface area contributed by atoms with Gasteiger partial charge in [0.1, 0.15) is 11.1 Å². The molecule has 1 aromatic heterocycles. The van der Waals surface area contributed by atoms with E-state index in [1.54, 1.807) is 12.1 Å². The largest absolute Gasteiger partial charge is 0.399 e. The summed E-state index contributed by atoms with van der Waals surface area (Å²) in [6, 6.07) is 9.43. The molecule has 1 unspecified atom stereocenters. The number of amides is 1. The molecule has 0 saturated heterocycles. The van der Waals surface area contributed by atoms with Crippen molar-refractivity contribution in [2.24, 2.45) is 0 Å². The van der Waals surface area contributed by atoms with Crippen LogP contribution in [0.1, 0.15) is 34.4 Å². The number of nitrogens with two attached hydrogens (primary N) is 1. The molecule has 108 valence electrons. The normalized spacial score (nSPS) is 11.7. The van der Waals surface area contributed by atoms with Crippen LogP contribution in [0, 0.1) is 25.2 Å². The summed E-state index contributed by atoms with van der Waals surface area (Å²) in [5.41, 5.74) is 8.71. The van der Waals surface area contributed by atoms with Gasteiger partial charge in [0.15, 0.2) is 0 Å². The molecule has 1 heterocycles. The van der Waals surface area contributed by atoms with E-state index < -0.39 is 0 Å². The number of thiophene rings is 1. The number of hydrogen-bond donors (Lipinski definition) is 2. The third kappa shape index (κ3) is 3.06. The maximum atomic E-state index is 12.4. The Labute approximate surface area is 128 Å². The molecule has 1 aromatic carbocycles. The van der Waals surface area contributed by atoms with Crippen LogP contribution in [0.4, 0.5) is 10.7 Å². The fraction of sp³-hybridized carbons (Fsp3) is 0.250. The number of carbonyl (C=O) groups is 1. The third-order valence-electron chi connectivity index (χ3n) is 3.54. The minimum atomic E-state index is -0.331. The fourth-order valence-electron chi connectivity index (χ4n) is 2.05. The van der Waals surface area contributed by atoms with E-state index in [9.17, 15) is 10.1 Å². The number of rotatable bonds is 3. The van der Waals surface area contributed by atoms with Crippen molar-refractivity contribution in [3.8, 4) is 6.07 Å². The molecule has 0 aliphatic carbocycles. The van der Waals surface area contributed by atoms with Crippen LogP contribution in [0.25, 0.3) is 0 Å². The number of carbonyl (C=O) groups excluding carboxylic acids is 1. The van der Waals surface area contributed by atoms with E-state index in [0.717, 1.165) is 16.0 Å². The van der Waals surface area contributed by atoms with Crippen LogP contribution >= 0.6 is 11.3 Å². The minimum Gasteiger partial charge on any atom is -0.399 e. The average Bonchev–Trinajstić information content (AvgIpc) is 2.72. The predicted molar refractivity (Wildman–Crippen MR) is 86.4 cm³/mol. The van der Waals surface area contributed by atoms with Crippen molar-refractivity contribution >= 4 is 27.9 Å². The Hall–Kier alpha value is -2.32. The third-order valence-corrected chi connectivity index (χ3v) is 4.66. The highest BCUT2D eigenvalue weighted by molar-refractivity contribution is 7.16. The monoisotopic (exact) mass is 299 g/mol. The predicted octanol–water partition coefficient (Wildman–Crippen LogP) is 3.56. The van der Waals surface area contributed by atoms with Gasteiger partial charge < -0.3 is 11.1 Å². The molecule has 1 atom stereocenters. The summed E-state index contributed by atoms with van der Waals surface area (Å²) in [7, 11) is 0. The molecule has 0 fully saturated rings. The SMILES string of the molecule is Cc1sc(NC(=O)C(C)c2cccc(N)c2)c(C#N)c1C. The molecular weight excluding hydrogens is 282 g/mol. The van der Waals surface area contributed by atoms with Gasteiger partial charge in [-0.3, -0.25) is 4.79 Å². The highest BCUT2D eigenvalue weighted by Gasteiger charge is 2.19. The number of aryl methyl sites for hydroxylation is 1. The van der Waals surface area contributed by atoms with E-state index in [2.05, 4.69) is 11.4 Å². The summed E-state index contributed by atoms with van der Waals surface area (Å²) in [5.74, 6) is -0.471. The van der Waals surface area contributed by atoms with Gasteiger partial charge in [0, 0.05) is 10.6 Å². The van der Waals surface area contributed by atoms with E-state index in [0.29, 0.717) is 16.3 Å². The van der Waals surface area contributed by atoms with Gasteiger partial charge in [-0.25, -0.2) is 0 Å². The second kappa shape index (κ2) is 5.98. The molecule has 5 heteroatoms. The van der Waals surface area contributed by atoms with Crippen molar-refractivity contribution in [3.63, 3.8) is 0 Å². The summed E-state index contributed by atoms with van der Waals surface area (Å²) in [5, 5.41) is 12.7. The Kier molecular flexibility index (Phi) is 4.29. The van der Waals surface area contributed by atoms with Crippen molar-refractivity contribution in [2.45, 2.75) is 26.7 Å². The average molecular weight is 299 g/mol. The summed E-state index contributed by atoms with van der Waals surface area (Å²) >= 11 is 1.43.